The second kappa shape index (κ2) is 11.2. The largest absolute Gasteiger partial charge is 0.480 e. The summed E-state index contributed by atoms with van der Waals surface area (Å²) >= 11 is 3.32. The number of benzene rings is 2. The van der Waals surface area contributed by atoms with Gasteiger partial charge < -0.3 is 10.1 Å². The fraction of sp³-hybridized carbons (Fsp3) is 0.190. The number of carbonyl (C=O) groups is 2. The predicted molar refractivity (Wildman–Crippen MR) is 114 cm³/mol. The van der Waals surface area contributed by atoms with Gasteiger partial charge in [-0.3, -0.25) is 9.59 Å². The zero-order valence-electron chi connectivity index (χ0n) is 16.0. The number of nitrogens with one attached hydrogen (secondary N) is 2. The van der Waals surface area contributed by atoms with Crippen LogP contribution >= 0.6 is 15.9 Å². The van der Waals surface area contributed by atoms with Crippen LogP contribution in [0.1, 0.15) is 24.0 Å². The maximum absolute atomic E-state index is 12.7. The van der Waals surface area contributed by atoms with E-state index >= 15 is 0 Å². The number of alkyl halides is 3. The Morgan fingerprint density at radius 2 is 1.90 bits per heavy atom. The van der Waals surface area contributed by atoms with Gasteiger partial charge in [-0.05, 0) is 36.4 Å². The Morgan fingerprint density at radius 3 is 2.61 bits per heavy atom. The van der Waals surface area contributed by atoms with Crippen molar-refractivity contribution in [2.45, 2.75) is 19.0 Å². The Labute approximate surface area is 185 Å². The number of carbonyl (C=O) groups excluding carboxylic acids is 2. The second-order valence-electron chi connectivity index (χ2n) is 6.09. The van der Waals surface area contributed by atoms with E-state index in [1.165, 1.54) is 18.3 Å². The summed E-state index contributed by atoms with van der Waals surface area (Å²) in [6.07, 6.45) is 1.58. The van der Waals surface area contributed by atoms with Gasteiger partial charge in [0.2, 0.25) is 11.8 Å². The number of terminal acetylenes is 1. The number of hydrogen-bond donors (Lipinski definition) is 2. The molecule has 0 bridgehead atoms. The molecule has 2 N–H and O–H groups in total. The predicted octanol–water partition coefficient (Wildman–Crippen LogP) is 4.35. The fourth-order valence-electron chi connectivity index (χ4n) is 2.32. The first-order valence-electron chi connectivity index (χ1n) is 8.84. The molecule has 0 aromatic heterocycles. The molecule has 162 valence electrons. The lowest BCUT2D eigenvalue weighted by Crippen LogP contribution is -2.20. The highest BCUT2D eigenvalue weighted by atomic mass is 79.9. The number of rotatable bonds is 8. The van der Waals surface area contributed by atoms with Crippen molar-refractivity contribution in [2.24, 2.45) is 5.10 Å². The van der Waals surface area contributed by atoms with E-state index in [1.54, 1.807) is 18.2 Å². The normalized spacial score (nSPS) is 11.1. The minimum atomic E-state index is -4.52. The first-order chi connectivity index (χ1) is 14.7. The number of halogens is 4. The monoisotopic (exact) mass is 495 g/mol. The summed E-state index contributed by atoms with van der Waals surface area (Å²) in [5.74, 6) is 1.67. The van der Waals surface area contributed by atoms with Gasteiger partial charge in [0.05, 0.1) is 11.8 Å². The minimum Gasteiger partial charge on any atom is -0.480 e. The second-order valence-corrected chi connectivity index (χ2v) is 7.01. The van der Waals surface area contributed by atoms with Crippen molar-refractivity contribution in [3.63, 3.8) is 0 Å². The molecule has 31 heavy (non-hydrogen) atoms. The number of anilines is 1. The lowest BCUT2D eigenvalue weighted by molar-refractivity contribution is -0.137. The Hall–Kier alpha value is -3.32. The van der Waals surface area contributed by atoms with Crippen molar-refractivity contribution in [1.29, 1.82) is 0 Å². The van der Waals surface area contributed by atoms with Gasteiger partial charge in [0.1, 0.15) is 12.4 Å². The fourth-order valence-corrected chi connectivity index (χ4v) is 2.70. The van der Waals surface area contributed by atoms with Crippen molar-refractivity contribution in [1.82, 2.24) is 5.43 Å². The third-order valence-electron chi connectivity index (χ3n) is 3.73. The summed E-state index contributed by atoms with van der Waals surface area (Å²) in [5.41, 5.74) is 1.95. The van der Waals surface area contributed by atoms with E-state index in [2.05, 4.69) is 37.7 Å². The van der Waals surface area contributed by atoms with E-state index in [9.17, 15) is 22.8 Å². The van der Waals surface area contributed by atoms with E-state index in [0.717, 1.165) is 16.6 Å². The Balaban J connectivity index is 1.85. The smallest absolute Gasteiger partial charge is 0.416 e. The quantitative estimate of drug-likeness (QED) is 0.324. The number of ether oxygens (including phenoxy) is 1. The molecule has 0 saturated heterocycles. The van der Waals surface area contributed by atoms with Crippen LogP contribution in [-0.2, 0) is 15.8 Å². The topological polar surface area (TPSA) is 79.8 Å². The molecule has 2 amide bonds. The van der Waals surface area contributed by atoms with Gasteiger partial charge in [-0.1, -0.05) is 27.9 Å². The van der Waals surface area contributed by atoms with E-state index in [0.29, 0.717) is 11.3 Å². The maximum Gasteiger partial charge on any atom is 0.416 e. The highest BCUT2D eigenvalue weighted by molar-refractivity contribution is 9.10. The summed E-state index contributed by atoms with van der Waals surface area (Å²) in [6.45, 7) is 0.0653. The Kier molecular flexibility index (Phi) is 8.63. The van der Waals surface area contributed by atoms with Crippen molar-refractivity contribution in [3.05, 3.63) is 58.1 Å². The van der Waals surface area contributed by atoms with Crippen LogP contribution < -0.4 is 15.5 Å². The molecule has 0 heterocycles. The summed E-state index contributed by atoms with van der Waals surface area (Å²) in [4.78, 5) is 23.8. The summed E-state index contributed by atoms with van der Waals surface area (Å²) in [5, 5.41) is 6.15. The van der Waals surface area contributed by atoms with Crippen LogP contribution in [0, 0.1) is 12.3 Å². The van der Waals surface area contributed by atoms with Gasteiger partial charge in [0.15, 0.2) is 0 Å². The molecule has 0 atom stereocenters. The van der Waals surface area contributed by atoms with Gasteiger partial charge >= 0.3 is 6.18 Å². The molecular weight excluding hydrogens is 479 g/mol. The molecule has 2 rings (SSSR count). The molecule has 6 nitrogen and oxygen atoms in total. The molecule has 2 aromatic rings. The average Bonchev–Trinajstić information content (AvgIpc) is 2.71. The van der Waals surface area contributed by atoms with Gasteiger partial charge in [0, 0.05) is 28.6 Å². The molecule has 0 unspecified atom stereocenters. The first kappa shape index (κ1) is 24.0. The SMILES string of the molecule is C#CCOc1ccc(Br)cc1C=NNC(=O)CCC(=O)Nc1cccc(C(F)(F)F)c1. The summed E-state index contributed by atoms with van der Waals surface area (Å²) in [6, 6.07) is 9.38. The highest BCUT2D eigenvalue weighted by Crippen LogP contribution is 2.30. The van der Waals surface area contributed by atoms with Crippen LogP contribution in [0.25, 0.3) is 0 Å². The third-order valence-corrected chi connectivity index (χ3v) is 4.22. The van der Waals surface area contributed by atoms with E-state index < -0.39 is 23.6 Å². The van der Waals surface area contributed by atoms with Crippen LogP contribution in [0.4, 0.5) is 18.9 Å². The molecule has 0 radical (unpaired) electrons. The van der Waals surface area contributed by atoms with Crippen LogP contribution in [-0.4, -0.2) is 24.6 Å². The summed E-state index contributed by atoms with van der Waals surface area (Å²) < 4.78 is 44.3. The third kappa shape index (κ3) is 8.14. The molecule has 0 saturated carbocycles. The number of hydrazone groups is 1. The number of nitrogens with zero attached hydrogens (tertiary/aromatic N) is 1. The van der Waals surface area contributed by atoms with Crippen molar-refractivity contribution < 1.29 is 27.5 Å². The summed E-state index contributed by atoms with van der Waals surface area (Å²) in [7, 11) is 0. The van der Waals surface area contributed by atoms with E-state index in [4.69, 9.17) is 11.2 Å². The molecular formula is C21H17BrF3N3O3. The number of amides is 2. The van der Waals surface area contributed by atoms with Crippen molar-refractivity contribution in [3.8, 4) is 18.1 Å². The molecule has 0 aliphatic heterocycles. The highest BCUT2D eigenvalue weighted by Gasteiger charge is 2.30. The zero-order valence-corrected chi connectivity index (χ0v) is 17.6. The van der Waals surface area contributed by atoms with Crippen LogP contribution in [0.3, 0.4) is 0 Å². The van der Waals surface area contributed by atoms with Crippen molar-refractivity contribution in [2.75, 3.05) is 11.9 Å². The average molecular weight is 496 g/mol. The van der Waals surface area contributed by atoms with Crippen LogP contribution in [0.5, 0.6) is 5.75 Å². The zero-order chi connectivity index (χ0) is 22.9. The molecule has 0 aliphatic carbocycles. The maximum atomic E-state index is 12.7. The van der Waals surface area contributed by atoms with E-state index in [1.807, 2.05) is 0 Å². The lowest BCUT2D eigenvalue weighted by atomic mass is 10.2. The molecule has 10 heteroatoms. The van der Waals surface area contributed by atoms with Crippen LogP contribution in [0.2, 0.25) is 0 Å². The standard InChI is InChI=1S/C21H17BrF3N3O3/c1-2-10-31-18-7-6-16(22)11-14(18)13-26-28-20(30)9-8-19(29)27-17-5-3-4-15(12-17)21(23,24)25/h1,3-7,11-13H,8-10H2,(H,27,29)(H,28,30). The van der Waals surface area contributed by atoms with Gasteiger partial charge in [0.25, 0.3) is 0 Å². The first-order valence-corrected chi connectivity index (χ1v) is 9.63. The van der Waals surface area contributed by atoms with Crippen LogP contribution in [0.15, 0.2) is 52.0 Å². The molecule has 0 fully saturated rings. The lowest BCUT2D eigenvalue weighted by Gasteiger charge is -2.09. The molecule has 0 spiro atoms. The molecule has 2 aromatic carbocycles. The van der Waals surface area contributed by atoms with Gasteiger partial charge in [-0.15, -0.1) is 6.42 Å². The number of hydrogen-bond acceptors (Lipinski definition) is 4. The minimum absolute atomic E-state index is 0.00703. The van der Waals surface area contributed by atoms with Crippen molar-refractivity contribution >= 4 is 39.6 Å². The van der Waals surface area contributed by atoms with Gasteiger partial charge in [-0.25, -0.2) is 5.43 Å². The molecule has 0 aliphatic rings. The van der Waals surface area contributed by atoms with Gasteiger partial charge in [-0.2, -0.15) is 18.3 Å². The Bertz CT molecular complexity index is 1020. The Morgan fingerprint density at radius 1 is 1.16 bits per heavy atom. The van der Waals surface area contributed by atoms with E-state index in [-0.39, 0.29) is 25.1 Å².